The van der Waals surface area contributed by atoms with E-state index in [0.29, 0.717) is 24.2 Å². The molecule has 4 aromatic carbocycles. The smallest absolute Gasteiger partial charge is 0.243 e. The molecule has 260 valence electrons. The van der Waals surface area contributed by atoms with E-state index in [0.717, 1.165) is 80.2 Å². The topological polar surface area (TPSA) is 81.1 Å². The fraction of sp³-hybridized carbons (Fsp3) is 0.357. The van der Waals surface area contributed by atoms with Gasteiger partial charge in [0.15, 0.2) is 5.60 Å². The second-order valence-corrected chi connectivity index (χ2v) is 13.7. The first kappa shape index (κ1) is 35.2. The molecule has 0 aliphatic heterocycles. The third-order valence-electron chi connectivity index (χ3n) is 9.95. The summed E-state index contributed by atoms with van der Waals surface area (Å²) in [5.74, 6) is -0.342. The van der Waals surface area contributed by atoms with E-state index in [1.807, 2.05) is 114 Å². The second-order valence-electron chi connectivity index (χ2n) is 13.7. The molecular formula is C42H48FN5O2. The standard InChI is InChI=1S/C42H48FN5O2/c1-41(27-17-28-41)44-31-34-26-25-33(30-38(34)43)39-32-48(47-45-39)29-16-5-3-2-4-15-24-40(49)46-50-42(35-18-9-6-10-19-35,36-20-11-7-12-21-36)37-22-13-8-14-23-37/h6-14,18-23,25-26,30,32,44H,2-5,15-17,24,27-29,31H2,1H3,(H,46,49). The van der Waals surface area contributed by atoms with Crippen LogP contribution < -0.4 is 10.8 Å². The molecule has 1 heterocycles. The van der Waals surface area contributed by atoms with Crippen LogP contribution in [0.2, 0.25) is 0 Å². The molecule has 1 amide bonds. The van der Waals surface area contributed by atoms with E-state index >= 15 is 0 Å². The van der Waals surface area contributed by atoms with Crippen molar-refractivity contribution in [3.05, 3.63) is 143 Å². The maximum atomic E-state index is 14.8. The van der Waals surface area contributed by atoms with Crippen LogP contribution in [-0.4, -0.2) is 26.4 Å². The zero-order valence-corrected chi connectivity index (χ0v) is 29.0. The fourth-order valence-electron chi connectivity index (χ4n) is 6.73. The molecule has 1 aliphatic rings. The van der Waals surface area contributed by atoms with Crippen molar-refractivity contribution < 1.29 is 14.0 Å². The highest BCUT2D eigenvalue weighted by Crippen LogP contribution is 2.39. The number of aromatic nitrogens is 3. The van der Waals surface area contributed by atoms with Crippen molar-refractivity contribution in [3.8, 4) is 11.3 Å². The van der Waals surface area contributed by atoms with Gasteiger partial charge in [-0.2, -0.15) is 0 Å². The van der Waals surface area contributed by atoms with Gasteiger partial charge in [0.2, 0.25) is 5.91 Å². The van der Waals surface area contributed by atoms with Crippen LogP contribution in [0.3, 0.4) is 0 Å². The van der Waals surface area contributed by atoms with Crippen molar-refractivity contribution in [2.24, 2.45) is 0 Å². The van der Waals surface area contributed by atoms with Crippen molar-refractivity contribution in [3.63, 3.8) is 0 Å². The normalized spacial score (nSPS) is 13.9. The Balaban J connectivity index is 0.916. The minimum atomic E-state index is -0.990. The molecule has 0 spiro atoms. The predicted octanol–water partition coefficient (Wildman–Crippen LogP) is 8.89. The van der Waals surface area contributed by atoms with Gasteiger partial charge in [-0.3, -0.25) is 14.3 Å². The number of aryl methyl sites for hydroxylation is 1. The number of rotatable bonds is 18. The van der Waals surface area contributed by atoms with Gasteiger partial charge >= 0.3 is 0 Å². The van der Waals surface area contributed by atoms with Crippen molar-refractivity contribution in [1.29, 1.82) is 0 Å². The molecule has 0 atom stereocenters. The Hall–Kier alpha value is -4.66. The average molecular weight is 674 g/mol. The number of carbonyl (C=O) groups is 1. The van der Waals surface area contributed by atoms with Crippen LogP contribution in [0, 0.1) is 5.82 Å². The fourth-order valence-corrected chi connectivity index (χ4v) is 6.73. The molecule has 7 nitrogen and oxygen atoms in total. The van der Waals surface area contributed by atoms with E-state index in [1.165, 1.54) is 6.42 Å². The Labute approximate surface area is 295 Å². The van der Waals surface area contributed by atoms with Crippen LogP contribution in [0.5, 0.6) is 0 Å². The molecule has 0 unspecified atom stereocenters. The van der Waals surface area contributed by atoms with Crippen LogP contribution in [0.4, 0.5) is 4.39 Å². The van der Waals surface area contributed by atoms with E-state index < -0.39 is 5.60 Å². The molecule has 1 fully saturated rings. The summed E-state index contributed by atoms with van der Waals surface area (Å²) in [6.07, 6.45) is 11.8. The van der Waals surface area contributed by atoms with Crippen LogP contribution in [0.15, 0.2) is 115 Å². The van der Waals surface area contributed by atoms with Crippen LogP contribution in [0.25, 0.3) is 11.3 Å². The number of hydrogen-bond donors (Lipinski definition) is 2. The number of hydroxylamine groups is 1. The summed E-state index contributed by atoms with van der Waals surface area (Å²) in [5.41, 5.74) is 6.87. The second kappa shape index (κ2) is 16.8. The number of unbranched alkanes of at least 4 members (excludes halogenated alkanes) is 5. The van der Waals surface area contributed by atoms with E-state index in [2.05, 4.69) is 28.0 Å². The number of nitrogens with zero attached hydrogens (tertiary/aromatic N) is 3. The molecule has 1 aliphatic carbocycles. The number of nitrogens with one attached hydrogen (secondary N) is 2. The molecule has 6 rings (SSSR count). The van der Waals surface area contributed by atoms with Gasteiger partial charge in [0.25, 0.3) is 0 Å². The van der Waals surface area contributed by atoms with Gasteiger partial charge in [-0.25, -0.2) is 9.87 Å². The number of amides is 1. The van der Waals surface area contributed by atoms with Gasteiger partial charge in [-0.15, -0.1) is 5.10 Å². The lowest BCUT2D eigenvalue weighted by Gasteiger charge is -2.39. The highest BCUT2D eigenvalue weighted by molar-refractivity contribution is 5.74. The first-order valence-corrected chi connectivity index (χ1v) is 18.0. The summed E-state index contributed by atoms with van der Waals surface area (Å²) in [6, 6.07) is 35.4. The van der Waals surface area contributed by atoms with Gasteiger partial charge < -0.3 is 5.32 Å². The average Bonchev–Trinajstić information content (AvgIpc) is 3.62. The SMILES string of the molecule is CC1(NCc2ccc(-c3cn(CCCCCCCCC(=O)NOC(c4ccccc4)(c4ccccc4)c4ccccc4)nn3)cc2F)CCC1. The summed E-state index contributed by atoms with van der Waals surface area (Å²) >= 11 is 0. The Kier molecular flexibility index (Phi) is 11.8. The van der Waals surface area contributed by atoms with Crippen LogP contribution >= 0.6 is 0 Å². The lowest BCUT2D eigenvalue weighted by Crippen LogP contribution is -2.47. The first-order valence-electron chi connectivity index (χ1n) is 18.0. The van der Waals surface area contributed by atoms with Gasteiger partial charge in [0.05, 0.1) is 6.20 Å². The third kappa shape index (κ3) is 8.73. The number of halogens is 1. The minimum absolute atomic E-state index is 0.131. The van der Waals surface area contributed by atoms with Crippen LogP contribution in [-0.2, 0) is 28.3 Å². The lowest BCUT2D eigenvalue weighted by molar-refractivity contribution is -0.143. The van der Waals surface area contributed by atoms with Gasteiger partial charge in [-0.1, -0.05) is 134 Å². The highest BCUT2D eigenvalue weighted by Gasteiger charge is 2.39. The summed E-state index contributed by atoms with van der Waals surface area (Å²) in [5, 5.41) is 12.0. The summed E-state index contributed by atoms with van der Waals surface area (Å²) in [6.45, 7) is 3.51. The van der Waals surface area contributed by atoms with Crippen molar-refractivity contribution in [1.82, 2.24) is 25.8 Å². The van der Waals surface area contributed by atoms with Gasteiger partial charge in [0, 0.05) is 36.2 Å². The quantitative estimate of drug-likeness (QED) is 0.0552. The summed E-state index contributed by atoms with van der Waals surface area (Å²) < 4.78 is 16.7. The first-order chi connectivity index (χ1) is 24.5. The molecule has 50 heavy (non-hydrogen) atoms. The highest BCUT2D eigenvalue weighted by atomic mass is 19.1. The van der Waals surface area contributed by atoms with Gasteiger partial charge in [-0.05, 0) is 61.8 Å². The van der Waals surface area contributed by atoms with Crippen LogP contribution in [0.1, 0.15) is 93.4 Å². The molecule has 8 heteroatoms. The van der Waals surface area contributed by atoms with Crippen molar-refractivity contribution in [2.75, 3.05) is 0 Å². The maximum absolute atomic E-state index is 14.8. The van der Waals surface area contributed by atoms with Crippen molar-refractivity contribution in [2.45, 2.75) is 95.4 Å². The van der Waals surface area contributed by atoms with Gasteiger partial charge in [0.1, 0.15) is 11.5 Å². The lowest BCUT2D eigenvalue weighted by atomic mass is 9.78. The Morgan fingerprint density at radius 1 is 0.820 bits per heavy atom. The Morgan fingerprint density at radius 2 is 1.40 bits per heavy atom. The maximum Gasteiger partial charge on any atom is 0.243 e. The summed E-state index contributed by atoms with van der Waals surface area (Å²) in [4.78, 5) is 19.5. The Morgan fingerprint density at radius 3 is 1.96 bits per heavy atom. The zero-order valence-electron chi connectivity index (χ0n) is 29.0. The molecular weight excluding hydrogens is 625 g/mol. The Bertz CT molecular complexity index is 1690. The molecule has 1 aromatic heterocycles. The van der Waals surface area contributed by atoms with E-state index in [9.17, 15) is 9.18 Å². The molecule has 0 saturated heterocycles. The monoisotopic (exact) mass is 673 g/mol. The molecule has 2 N–H and O–H groups in total. The minimum Gasteiger partial charge on any atom is -0.307 e. The molecule has 5 aromatic rings. The molecule has 1 saturated carbocycles. The van der Waals surface area contributed by atoms with E-state index in [4.69, 9.17) is 4.84 Å². The molecule has 0 radical (unpaired) electrons. The molecule has 0 bridgehead atoms. The zero-order chi connectivity index (χ0) is 34.7. The predicted molar refractivity (Wildman–Crippen MR) is 195 cm³/mol. The summed E-state index contributed by atoms with van der Waals surface area (Å²) in [7, 11) is 0. The van der Waals surface area contributed by atoms with E-state index in [1.54, 1.807) is 6.07 Å². The number of carbonyl (C=O) groups excluding carboxylic acids is 1. The largest absolute Gasteiger partial charge is 0.307 e. The van der Waals surface area contributed by atoms with Crippen molar-refractivity contribution >= 4 is 5.91 Å². The number of benzene rings is 4. The number of hydrogen-bond acceptors (Lipinski definition) is 5. The van der Waals surface area contributed by atoms with E-state index in [-0.39, 0.29) is 17.3 Å². The third-order valence-corrected chi connectivity index (χ3v) is 9.95.